The van der Waals surface area contributed by atoms with Crippen LogP contribution in [0.3, 0.4) is 0 Å². The largest absolute Gasteiger partial charge is 0.391 e. The van der Waals surface area contributed by atoms with Gasteiger partial charge in [-0.1, -0.05) is 51.9 Å². The lowest BCUT2D eigenvalue weighted by atomic mass is 10.1. The summed E-state index contributed by atoms with van der Waals surface area (Å²) in [5.41, 5.74) is 0. The fraction of sp³-hybridized carbons (Fsp3) is 0.733. The van der Waals surface area contributed by atoms with E-state index in [0.717, 1.165) is 12.8 Å². The first-order chi connectivity index (χ1) is 10.1. The van der Waals surface area contributed by atoms with E-state index >= 15 is 0 Å². The minimum atomic E-state index is -3.40. The molecule has 0 saturated carbocycles. The smallest absolute Gasteiger partial charge is 0.241 e. The molecule has 2 N–H and O–H groups in total. The second-order valence-corrected chi connectivity index (χ2v) is 8.04. The molecule has 0 fully saturated rings. The van der Waals surface area contributed by atoms with Gasteiger partial charge in [-0.15, -0.1) is 11.3 Å². The lowest BCUT2D eigenvalue weighted by molar-refractivity contribution is 0.285. The number of nitrogens with one attached hydrogen (secondary N) is 1. The zero-order valence-corrected chi connectivity index (χ0v) is 14.4. The molecule has 4 nitrogen and oxygen atoms in total. The van der Waals surface area contributed by atoms with Gasteiger partial charge in [0.05, 0.1) is 11.5 Å². The number of thiophene rings is 1. The van der Waals surface area contributed by atoms with Crippen molar-refractivity contribution in [2.75, 3.05) is 6.54 Å². The van der Waals surface area contributed by atoms with Gasteiger partial charge in [0.25, 0.3) is 0 Å². The van der Waals surface area contributed by atoms with Crippen molar-refractivity contribution >= 4 is 21.4 Å². The number of unbranched alkanes of at least 4 members (excludes halogenated alkanes) is 7. The van der Waals surface area contributed by atoms with Gasteiger partial charge in [0.15, 0.2) is 0 Å². The summed E-state index contributed by atoms with van der Waals surface area (Å²) in [5, 5.41) is 10.5. The van der Waals surface area contributed by atoms with Crippen molar-refractivity contribution in [3.05, 3.63) is 16.3 Å². The molecule has 0 aliphatic rings. The molecule has 0 amide bonds. The van der Waals surface area contributed by atoms with Crippen LogP contribution in [0.25, 0.3) is 0 Å². The van der Waals surface area contributed by atoms with E-state index in [2.05, 4.69) is 11.6 Å². The van der Waals surface area contributed by atoms with Crippen LogP contribution in [0.1, 0.15) is 63.2 Å². The Bertz CT molecular complexity index is 483. The summed E-state index contributed by atoms with van der Waals surface area (Å²) in [5.74, 6) is 0. The molecule has 0 bridgehead atoms. The normalized spacial score (nSPS) is 11.9. The van der Waals surface area contributed by atoms with E-state index in [0.29, 0.717) is 11.4 Å². The average Bonchev–Trinajstić information content (AvgIpc) is 2.95. The van der Waals surface area contributed by atoms with Gasteiger partial charge in [0.2, 0.25) is 10.0 Å². The van der Waals surface area contributed by atoms with Gasteiger partial charge in [-0.25, -0.2) is 13.1 Å². The summed E-state index contributed by atoms with van der Waals surface area (Å²) in [6.07, 6.45) is 9.56. The third-order valence-electron chi connectivity index (χ3n) is 3.42. The van der Waals surface area contributed by atoms with Crippen LogP contribution in [-0.4, -0.2) is 20.1 Å². The van der Waals surface area contributed by atoms with Crippen LogP contribution in [0.15, 0.2) is 16.3 Å². The minimum absolute atomic E-state index is 0.113. The van der Waals surface area contributed by atoms with Crippen LogP contribution in [0, 0.1) is 0 Å². The molecule has 0 aromatic carbocycles. The van der Waals surface area contributed by atoms with E-state index in [-0.39, 0.29) is 11.5 Å². The highest BCUT2D eigenvalue weighted by Gasteiger charge is 2.15. The van der Waals surface area contributed by atoms with E-state index in [9.17, 15) is 8.42 Å². The first-order valence-electron chi connectivity index (χ1n) is 7.78. The van der Waals surface area contributed by atoms with Gasteiger partial charge in [0.1, 0.15) is 0 Å². The van der Waals surface area contributed by atoms with E-state index < -0.39 is 10.0 Å². The molecule has 1 aromatic rings. The Morgan fingerprint density at radius 1 is 1.10 bits per heavy atom. The van der Waals surface area contributed by atoms with Crippen molar-refractivity contribution in [3.63, 3.8) is 0 Å². The summed E-state index contributed by atoms with van der Waals surface area (Å²) in [4.78, 5) is 0.929. The van der Waals surface area contributed by atoms with Gasteiger partial charge >= 0.3 is 0 Å². The van der Waals surface area contributed by atoms with Crippen molar-refractivity contribution in [2.24, 2.45) is 0 Å². The van der Waals surface area contributed by atoms with Crippen molar-refractivity contribution < 1.29 is 13.5 Å². The van der Waals surface area contributed by atoms with Crippen LogP contribution < -0.4 is 4.72 Å². The zero-order chi connectivity index (χ0) is 15.6. The molecule has 1 rings (SSSR count). The predicted molar refractivity (Wildman–Crippen MR) is 88.0 cm³/mol. The predicted octanol–water partition coefficient (Wildman–Crippen LogP) is 3.66. The van der Waals surface area contributed by atoms with Crippen molar-refractivity contribution in [1.82, 2.24) is 4.72 Å². The molecular formula is C15H27NO3S2. The summed E-state index contributed by atoms with van der Waals surface area (Å²) >= 11 is 1.26. The maximum absolute atomic E-state index is 12.0. The number of aliphatic hydroxyl groups is 1. The van der Waals surface area contributed by atoms with Crippen LogP contribution in [0.4, 0.5) is 0 Å². The molecule has 21 heavy (non-hydrogen) atoms. The van der Waals surface area contributed by atoms with Gasteiger partial charge in [-0.2, -0.15) is 0 Å². The highest BCUT2D eigenvalue weighted by atomic mass is 32.2. The molecule has 122 valence electrons. The Morgan fingerprint density at radius 3 is 2.29 bits per heavy atom. The van der Waals surface area contributed by atoms with Crippen LogP contribution >= 0.6 is 11.3 Å². The standard InChI is InChI=1S/C15H27NO3S2/c1-2-3-4-5-6-7-8-9-10-16-21(18,19)15-11-14(12-17)20-13-15/h11,13,16-17H,2-10,12H2,1H3. The SMILES string of the molecule is CCCCCCCCCCNS(=O)(=O)c1csc(CO)c1. The highest BCUT2D eigenvalue weighted by Crippen LogP contribution is 2.19. The molecule has 0 radical (unpaired) electrons. The van der Waals surface area contributed by atoms with E-state index in [1.165, 1.54) is 55.9 Å². The lowest BCUT2D eigenvalue weighted by Gasteiger charge is -2.05. The van der Waals surface area contributed by atoms with Gasteiger partial charge in [-0.3, -0.25) is 0 Å². The number of hydrogen-bond acceptors (Lipinski definition) is 4. The number of rotatable bonds is 12. The van der Waals surface area contributed by atoms with Crippen LogP contribution in [0.2, 0.25) is 0 Å². The third kappa shape index (κ3) is 7.40. The molecular weight excluding hydrogens is 306 g/mol. The maximum atomic E-state index is 12.0. The van der Waals surface area contributed by atoms with Crippen molar-refractivity contribution in [3.8, 4) is 0 Å². The van der Waals surface area contributed by atoms with Gasteiger partial charge in [-0.05, 0) is 12.5 Å². The Kier molecular flexibility index (Phi) is 9.15. The summed E-state index contributed by atoms with van der Waals surface area (Å²) < 4.78 is 26.6. The zero-order valence-electron chi connectivity index (χ0n) is 12.8. The minimum Gasteiger partial charge on any atom is -0.391 e. The summed E-state index contributed by atoms with van der Waals surface area (Å²) in [7, 11) is -3.40. The topological polar surface area (TPSA) is 66.4 Å². The molecule has 1 heterocycles. The van der Waals surface area contributed by atoms with Gasteiger partial charge < -0.3 is 5.11 Å². The second kappa shape index (κ2) is 10.3. The monoisotopic (exact) mass is 333 g/mol. The number of sulfonamides is 1. The highest BCUT2D eigenvalue weighted by molar-refractivity contribution is 7.89. The van der Waals surface area contributed by atoms with Gasteiger partial charge in [0, 0.05) is 16.8 Å². The molecule has 0 unspecified atom stereocenters. The molecule has 0 aliphatic heterocycles. The second-order valence-electron chi connectivity index (χ2n) is 5.28. The quantitative estimate of drug-likeness (QED) is 0.574. The van der Waals surface area contributed by atoms with E-state index in [4.69, 9.17) is 5.11 Å². The Labute approximate surface area is 132 Å². The van der Waals surface area contributed by atoms with Crippen LogP contribution in [-0.2, 0) is 16.6 Å². The molecule has 0 saturated heterocycles. The summed E-state index contributed by atoms with van der Waals surface area (Å²) in [6.45, 7) is 2.59. The third-order valence-corrected chi connectivity index (χ3v) is 5.93. The number of aliphatic hydroxyl groups excluding tert-OH is 1. The van der Waals surface area contributed by atoms with E-state index in [1.807, 2.05) is 0 Å². The number of hydrogen-bond donors (Lipinski definition) is 2. The van der Waals surface area contributed by atoms with Crippen molar-refractivity contribution in [1.29, 1.82) is 0 Å². The maximum Gasteiger partial charge on any atom is 0.241 e. The molecule has 1 aromatic heterocycles. The van der Waals surface area contributed by atoms with Crippen molar-refractivity contribution in [2.45, 2.75) is 69.8 Å². The average molecular weight is 334 g/mol. The molecule has 6 heteroatoms. The molecule has 0 atom stereocenters. The fourth-order valence-electron chi connectivity index (χ4n) is 2.13. The first kappa shape index (κ1) is 18.6. The van der Waals surface area contributed by atoms with E-state index in [1.54, 1.807) is 5.38 Å². The first-order valence-corrected chi connectivity index (χ1v) is 10.1. The Hall–Kier alpha value is -0.430. The fourth-order valence-corrected chi connectivity index (χ4v) is 4.34. The lowest BCUT2D eigenvalue weighted by Crippen LogP contribution is -2.24. The Balaban J connectivity index is 2.14. The summed E-state index contributed by atoms with van der Waals surface area (Å²) in [6, 6.07) is 1.53. The molecule has 0 aliphatic carbocycles. The Morgan fingerprint density at radius 2 is 1.71 bits per heavy atom. The molecule has 0 spiro atoms. The van der Waals surface area contributed by atoms with Crippen LogP contribution in [0.5, 0.6) is 0 Å².